The van der Waals surface area contributed by atoms with Crippen LogP contribution < -0.4 is 26.6 Å². The van der Waals surface area contributed by atoms with E-state index in [-0.39, 0.29) is 33.6 Å². The van der Waals surface area contributed by atoms with E-state index in [1.165, 1.54) is 36.4 Å². The smallest absolute Gasteiger partial charge is 0.253 e. The number of phenolic OH excluding ortho intramolecular Hbond substituents is 1. The molecule has 8 nitrogen and oxygen atoms in total. The van der Waals surface area contributed by atoms with Gasteiger partial charge >= 0.3 is 0 Å². The van der Waals surface area contributed by atoms with Crippen molar-refractivity contribution in [3.63, 3.8) is 0 Å². The van der Waals surface area contributed by atoms with Gasteiger partial charge in [0.2, 0.25) is 10.0 Å². The first kappa shape index (κ1) is 18.9. The Morgan fingerprint density at radius 2 is 1.74 bits per heavy atom. The van der Waals surface area contributed by atoms with Crippen molar-refractivity contribution in [3.8, 4) is 5.75 Å². The maximum atomic E-state index is 11.8. The van der Waals surface area contributed by atoms with Gasteiger partial charge in [0.15, 0.2) is 0 Å². The summed E-state index contributed by atoms with van der Waals surface area (Å²) < 4.78 is 22.8. The van der Waals surface area contributed by atoms with Gasteiger partial charge in [0.1, 0.15) is 17.1 Å². The zero-order chi connectivity index (χ0) is 19.8. The highest BCUT2D eigenvalue weighted by molar-refractivity contribution is 7.89. The fraction of sp³-hybridized carbons (Fsp3) is 0.0588. The molecule has 0 amide bonds. The van der Waals surface area contributed by atoms with Gasteiger partial charge in [0, 0.05) is 12.2 Å². The Labute approximate surface area is 159 Å². The average Bonchev–Trinajstić information content (AvgIpc) is 2.63. The number of benzene rings is 2. The van der Waals surface area contributed by atoms with Gasteiger partial charge in [-0.15, -0.1) is 0 Å². The van der Waals surface area contributed by atoms with E-state index in [9.17, 15) is 23.1 Å². The summed E-state index contributed by atoms with van der Waals surface area (Å²) in [4.78, 5) is 23.6. The summed E-state index contributed by atoms with van der Waals surface area (Å²) in [5.74, 6) is -0.111. The van der Waals surface area contributed by atoms with Gasteiger partial charge in [-0.2, -0.15) is 0 Å². The number of anilines is 3. The molecule has 0 aliphatic carbocycles. The van der Waals surface area contributed by atoms with Gasteiger partial charge < -0.3 is 15.7 Å². The first-order valence-electron chi connectivity index (χ1n) is 7.61. The van der Waals surface area contributed by atoms with Gasteiger partial charge in [-0.05, 0) is 35.9 Å². The monoisotopic (exact) mass is 407 g/mol. The lowest BCUT2D eigenvalue weighted by molar-refractivity contribution is 0.475. The third kappa shape index (κ3) is 3.95. The lowest BCUT2D eigenvalue weighted by atomic mass is 10.1. The number of hydrogen-bond acceptors (Lipinski definition) is 7. The van der Waals surface area contributed by atoms with Gasteiger partial charge in [-0.25, -0.2) is 13.6 Å². The normalized spacial score (nSPS) is 11.5. The molecule has 0 saturated carbocycles. The fourth-order valence-corrected chi connectivity index (χ4v) is 3.20. The van der Waals surface area contributed by atoms with Gasteiger partial charge in [0.05, 0.1) is 9.92 Å². The van der Waals surface area contributed by atoms with Crippen molar-refractivity contribution in [2.45, 2.75) is 11.4 Å². The molecule has 3 rings (SSSR count). The molecule has 10 heteroatoms. The molecule has 0 heterocycles. The Kier molecular flexibility index (Phi) is 4.92. The molecule has 27 heavy (non-hydrogen) atoms. The maximum Gasteiger partial charge on any atom is 0.253 e. The molecule has 5 N–H and O–H groups in total. The van der Waals surface area contributed by atoms with Gasteiger partial charge in [-0.1, -0.05) is 23.7 Å². The molecule has 3 aromatic carbocycles. The predicted octanol–water partition coefficient (Wildman–Crippen LogP) is 1.64. The zero-order valence-electron chi connectivity index (χ0n) is 13.7. The van der Waals surface area contributed by atoms with Crippen molar-refractivity contribution in [1.82, 2.24) is 0 Å². The van der Waals surface area contributed by atoms with E-state index in [2.05, 4.69) is 10.6 Å². The second-order valence-electron chi connectivity index (χ2n) is 5.75. The summed E-state index contributed by atoms with van der Waals surface area (Å²) >= 11 is 5.82. The first-order valence-corrected chi connectivity index (χ1v) is 9.53. The molecule has 3 aromatic rings. The average molecular weight is 408 g/mol. The number of phenols is 1. The van der Waals surface area contributed by atoms with E-state index in [0.29, 0.717) is 11.3 Å². The third-order valence-electron chi connectivity index (χ3n) is 3.82. The molecule has 0 aliphatic heterocycles. The molecule has 0 aromatic heterocycles. The Hall–Kier alpha value is -2.88. The van der Waals surface area contributed by atoms with Gasteiger partial charge in [0.25, 0.3) is 10.9 Å². The summed E-state index contributed by atoms with van der Waals surface area (Å²) in [5, 5.41) is 20.2. The van der Waals surface area contributed by atoms with Crippen LogP contribution in [0.5, 0.6) is 5.75 Å². The second-order valence-corrected chi connectivity index (χ2v) is 7.71. The van der Waals surface area contributed by atoms with E-state index < -0.39 is 20.9 Å². The van der Waals surface area contributed by atoms with Crippen LogP contribution in [0, 0.1) is 0 Å². The number of nitrogens with two attached hydrogens (primary N) is 1. The van der Waals surface area contributed by atoms with Crippen LogP contribution >= 0.6 is 11.6 Å². The first-order chi connectivity index (χ1) is 12.7. The Morgan fingerprint density at radius 1 is 1.04 bits per heavy atom. The molecule has 0 atom stereocenters. The minimum absolute atomic E-state index is 0.0520. The molecular formula is C17H14ClN3O5S. The number of halogens is 1. The highest BCUT2D eigenvalue weighted by atomic mass is 35.5. The van der Waals surface area contributed by atoms with Crippen LogP contribution in [0.2, 0.25) is 5.02 Å². The van der Waals surface area contributed by atoms with Crippen LogP contribution in [-0.2, 0) is 16.6 Å². The number of rotatable bonds is 6. The van der Waals surface area contributed by atoms with E-state index >= 15 is 0 Å². The lowest BCUT2D eigenvalue weighted by Gasteiger charge is -2.15. The number of aromatic hydroxyl groups is 1. The van der Waals surface area contributed by atoms with Crippen molar-refractivity contribution in [3.05, 3.63) is 73.5 Å². The molecule has 0 aliphatic rings. The summed E-state index contributed by atoms with van der Waals surface area (Å²) in [7, 11) is -3.84. The third-order valence-corrected chi connectivity index (χ3v) is 5.04. The number of hydrogen-bond donors (Lipinski definition) is 4. The Morgan fingerprint density at radius 3 is 2.41 bits per heavy atom. The molecule has 0 fully saturated rings. The highest BCUT2D eigenvalue weighted by Crippen LogP contribution is 2.29. The van der Waals surface area contributed by atoms with Crippen LogP contribution in [0.3, 0.4) is 0 Å². The van der Waals surface area contributed by atoms with Crippen LogP contribution in [0.15, 0.2) is 56.9 Å². The highest BCUT2D eigenvalue weighted by Gasteiger charge is 2.21. The molecular weight excluding hydrogens is 394 g/mol. The lowest BCUT2D eigenvalue weighted by Crippen LogP contribution is -2.36. The van der Waals surface area contributed by atoms with Crippen molar-refractivity contribution in [2.75, 3.05) is 10.6 Å². The van der Waals surface area contributed by atoms with Crippen molar-refractivity contribution >= 4 is 38.7 Å². The molecule has 0 spiro atoms. The number of nitrogens with one attached hydrogen (secondary N) is 2. The van der Waals surface area contributed by atoms with Crippen molar-refractivity contribution in [1.29, 1.82) is 0 Å². The van der Waals surface area contributed by atoms with Crippen molar-refractivity contribution in [2.24, 2.45) is 5.14 Å². The zero-order valence-corrected chi connectivity index (χ0v) is 15.3. The SMILES string of the molecule is NS(=O)(=O)c1cccc(CNc2c(Nc3ccc(O)c(Cl)c3)c(=O)c2=O)c1. The van der Waals surface area contributed by atoms with Crippen LogP contribution in [0.4, 0.5) is 17.1 Å². The largest absolute Gasteiger partial charge is 0.506 e. The molecule has 0 bridgehead atoms. The molecule has 0 radical (unpaired) electrons. The number of primary sulfonamides is 1. The number of sulfonamides is 1. The topological polar surface area (TPSA) is 139 Å². The molecule has 140 valence electrons. The summed E-state index contributed by atoms with van der Waals surface area (Å²) in [6.07, 6.45) is 0. The second kappa shape index (κ2) is 7.03. The predicted molar refractivity (Wildman–Crippen MR) is 103 cm³/mol. The van der Waals surface area contributed by atoms with Crippen LogP contribution in [0.25, 0.3) is 0 Å². The van der Waals surface area contributed by atoms with Gasteiger partial charge in [-0.3, -0.25) is 9.59 Å². The molecule has 0 unspecified atom stereocenters. The van der Waals surface area contributed by atoms with E-state index in [1.807, 2.05) is 0 Å². The Bertz CT molecular complexity index is 1200. The summed E-state index contributed by atoms with van der Waals surface area (Å²) in [5.41, 5.74) is -0.267. The quantitative estimate of drug-likeness (QED) is 0.360. The summed E-state index contributed by atoms with van der Waals surface area (Å²) in [6, 6.07) is 10.2. The van der Waals surface area contributed by atoms with Crippen molar-refractivity contribution < 1.29 is 13.5 Å². The fourth-order valence-electron chi connectivity index (χ4n) is 2.43. The minimum Gasteiger partial charge on any atom is -0.506 e. The van der Waals surface area contributed by atoms with E-state index in [4.69, 9.17) is 16.7 Å². The van der Waals surface area contributed by atoms with E-state index in [1.54, 1.807) is 6.07 Å². The standard InChI is InChI=1S/C17H14ClN3O5S/c18-12-7-10(4-5-13(12)22)21-15-14(16(23)17(15)24)20-8-9-2-1-3-11(6-9)27(19,25)26/h1-7,20-22H,8H2,(H2,19,25,26). The summed E-state index contributed by atoms with van der Waals surface area (Å²) in [6.45, 7) is 0.110. The maximum absolute atomic E-state index is 11.8. The molecule has 0 saturated heterocycles. The van der Waals surface area contributed by atoms with Crippen LogP contribution in [-0.4, -0.2) is 13.5 Å². The Balaban J connectivity index is 1.79. The van der Waals surface area contributed by atoms with E-state index in [0.717, 1.165) is 0 Å². The van der Waals surface area contributed by atoms with Crippen LogP contribution in [0.1, 0.15) is 5.56 Å². The minimum atomic E-state index is -3.84.